The van der Waals surface area contributed by atoms with Gasteiger partial charge < -0.3 is 5.32 Å². The monoisotopic (exact) mass is 428 g/mol. The van der Waals surface area contributed by atoms with Gasteiger partial charge >= 0.3 is 0 Å². The highest BCUT2D eigenvalue weighted by Gasteiger charge is 2.27. The number of benzene rings is 3. The first-order valence-corrected chi connectivity index (χ1v) is 10.9. The maximum atomic E-state index is 13.3. The van der Waals surface area contributed by atoms with Crippen LogP contribution in [0, 0.1) is 0 Å². The van der Waals surface area contributed by atoms with E-state index in [4.69, 9.17) is 11.6 Å². The predicted molar refractivity (Wildman–Crippen MR) is 117 cm³/mol. The van der Waals surface area contributed by atoms with Crippen LogP contribution in [0.1, 0.15) is 12.5 Å². The number of halogens is 1. The number of hydrogen-bond acceptors (Lipinski definition) is 3. The normalized spacial score (nSPS) is 11.1. The van der Waals surface area contributed by atoms with Crippen molar-refractivity contribution in [3.8, 4) is 0 Å². The van der Waals surface area contributed by atoms with E-state index in [1.807, 2.05) is 25.1 Å². The van der Waals surface area contributed by atoms with Crippen molar-refractivity contribution in [3.63, 3.8) is 0 Å². The molecule has 3 rings (SSSR count). The van der Waals surface area contributed by atoms with Crippen molar-refractivity contribution in [1.29, 1.82) is 0 Å². The van der Waals surface area contributed by atoms with Crippen LogP contribution in [-0.2, 0) is 21.2 Å². The first-order valence-electron chi connectivity index (χ1n) is 9.13. The SMILES string of the molecule is CCc1ccccc1NC(=O)CN(c1ccccc1)S(=O)(=O)c1ccc(Cl)cc1. The van der Waals surface area contributed by atoms with Crippen molar-refractivity contribution < 1.29 is 13.2 Å². The summed E-state index contributed by atoms with van der Waals surface area (Å²) in [7, 11) is -3.96. The van der Waals surface area contributed by atoms with Gasteiger partial charge in [0.1, 0.15) is 6.54 Å². The quantitative estimate of drug-likeness (QED) is 0.591. The molecule has 1 amide bonds. The Bertz CT molecular complexity index is 1080. The number of rotatable bonds is 7. The lowest BCUT2D eigenvalue weighted by Crippen LogP contribution is -2.38. The molecule has 150 valence electrons. The summed E-state index contributed by atoms with van der Waals surface area (Å²) in [4.78, 5) is 12.8. The summed E-state index contributed by atoms with van der Waals surface area (Å²) < 4.78 is 27.6. The molecule has 5 nitrogen and oxygen atoms in total. The summed E-state index contributed by atoms with van der Waals surface area (Å²) in [6.07, 6.45) is 0.752. The van der Waals surface area contributed by atoms with Gasteiger partial charge in [-0.3, -0.25) is 9.10 Å². The van der Waals surface area contributed by atoms with Crippen molar-refractivity contribution in [2.24, 2.45) is 0 Å². The van der Waals surface area contributed by atoms with Gasteiger partial charge in [-0.05, 0) is 54.4 Å². The predicted octanol–water partition coefficient (Wildman–Crippen LogP) is 4.74. The van der Waals surface area contributed by atoms with Crippen LogP contribution >= 0.6 is 11.6 Å². The third-order valence-electron chi connectivity index (χ3n) is 4.41. The topological polar surface area (TPSA) is 66.5 Å². The third kappa shape index (κ3) is 4.96. The van der Waals surface area contributed by atoms with Crippen molar-refractivity contribution >= 4 is 38.9 Å². The molecule has 0 aliphatic heterocycles. The molecule has 3 aromatic carbocycles. The minimum absolute atomic E-state index is 0.0625. The fourth-order valence-corrected chi connectivity index (χ4v) is 4.46. The number of aryl methyl sites for hydroxylation is 1. The second-order valence-electron chi connectivity index (χ2n) is 6.36. The van der Waals surface area contributed by atoms with E-state index in [9.17, 15) is 13.2 Å². The lowest BCUT2D eigenvalue weighted by molar-refractivity contribution is -0.114. The highest BCUT2D eigenvalue weighted by molar-refractivity contribution is 7.92. The second kappa shape index (κ2) is 9.11. The summed E-state index contributed by atoms with van der Waals surface area (Å²) in [6, 6.07) is 21.9. The molecule has 7 heteroatoms. The zero-order chi connectivity index (χ0) is 20.9. The summed E-state index contributed by atoms with van der Waals surface area (Å²) in [5, 5.41) is 3.26. The van der Waals surface area contributed by atoms with Gasteiger partial charge in [0.15, 0.2) is 0 Å². The van der Waals surface area contributed by atoms with Gasteiger partial charge in [0.05, 0.1) is 10.6 Å². The fraction of sp³-hybridized carbons (Fsp3) is 0.136. The average Bonchev–Trinajstić information content (AvgIpc) is 2.73. The molecule has 0 heterocycles. The molecule has 0 aromatic heterocycles. The van der Waals surface area contributed by atoms with Crippen LogP contribution in [0.15, 0.2) is 83.8 Å². The van der Waals surface area contributed by atoms with Crippen molar-refractivity contribution in [3.05, 3.63) is 89.4 Å². The number of nitrogens with one attached hydrogen (secondary N) is 1. The molecule has 0 saturated carbocycles. The summed E-state index contributed by atoms with van der Waals surface area (Å²) >= 11 is 5.89. The van der Waals surface area contributed by atoms with Crippen molar-refractivity contribution in [2.45, 2.75) is 18.2 Å². The van der Waals surface area contributed by atoms with E-state index in [0.717, 1.165) is 16.3 Å². The van der Waals surface area contributed by atoms with Gasteiger partial charge in [-0.1, -0.05) is 54.9 Å². The van der Waals surface area contributed by atoms with Crippen LogP contribution in [0.5, 0.6) is 0 Å². The molecule has 0 saturated heterocycles. The first-order chi connectivity index (χ1) is 13.9. The van der Waals surface area contributed by atoms with E-state index in [2.05, 4.69) is 5.32 Å². The van der Waals surface area contributed by atoms with E-state index in [0.29, 0.717) is 16.4 Å². The molecular formula is C22H21ClN2O3S. The van der Waals surface area contributed by atoms with Crippen LogP contribution in [-0.4, -0.2) is 20.9 Å². The Morgan fingerprint density at radius 3 is 2.21 bits per heavy atom. The second-order valence-corrected chi connectivity index (χ2v) is 8.66. The summed E-state index contributed by atoms with van der Waals surface area (Å²) in [5.41, 5.74) is 2.06. The molecule has 0 fully saturated rings. The number of nitrogens with zero attached hydrogens (tertiary/aromatic N) is 1. The number of para-hydroxylation sites is 2. The van der Waals surface area contributed by atoms with Gasteiger partial charge in [0, 0.05) is 10.7 Å². The Morgan fingerprint density at radius 2 is 1.55 bits per heavy atom. The molecule has 0 bridgehead atoms. The van der Waals surface area contributed by atoms with Crippen molar-refractivity contribution in [2.75, 3.05) is 16.2 Å². The summed E-state index contributed by atoms with van der Waals surface area (Å²) in [5.74, 6) is -0.424. The number of hydrogen-bond donors (Lipinski definition) is 1. The molecule has 0 radical (unpaired) electrons. The molecule has 29 heavy (non-hydrogen) atoms. The molecule has 0 spiro atoms. The maximum absolute atomic E-state index is 13.3. The van der Waals surface area contributed by atoms with E-state index in [1.165, 1.54) is 24.3 Å². The van der Waals surface area contributed by atoms with Crippen LogP contribution < -0.4 is 9.62 Å². The zero-order valence-corrected chi connectivity index (χ0v) is 17.5. The Kier molecular flexibility index (Phi) is 6.56. The Morgan fingerprint density at radius 1 is 0.931 bits per heavy atom. The van der Waals surface area contributed by atoms with E-state index < -0.39 is 15.9 Å². The molecule has 0 atom stereocenters. The smallest absolute Gasteiger partial charge is 0.264 e. The number of anilines is 2. The molecule has 0 aliphatic rings. The molecular weight excluding hydrogens is 408 g/mol. The standard InChI is InChI=1S/C22H21ClN2O3S/c1-2-17-8-6-7-11-21(17)24-22(26)16-25(19-9-4-3-5-10-19)29(27,28)20-14-12-18(23)13-15-20/h3-15H,2,16H2,1H3,(H,24,26). The molecule has 3 aromatic rings. The largest absolute Gasteiger partial charge is 0.324 e. The van der Waals surface area contributed by atoms with E-state index >= 15 is 0 Å². The first kappa shape index (κ1) is 20.9. The number of carbonyl (C=O) groups excluding carboxylic acids is 1. The number of amides is 1. The van der Waals surface area contributed by atoms with Gasteiger partial charge in [-0.2, -0.15) is 0 Å². The average molecular weight is 429 g/mol. The number of carbonyl (C=O) groups is 1. The van der Waals surface area contributed by atoms with Crippen molar-refractivity contribution in [1.82, 2.24) is 0 Å². The molecule has 1 N–H and O–H groups in total. The van der Waals surface area contributed by atoms with E-state index in [-0.39, 0.29) is 11.4 Å². The zero-order valence-electron chi connectivity index (χ0n) is 15.9. The van der Waals surface area contributed by atoms with Crippen LogP contribution in [0.3, 0.4) is 0 Å². The highest BCUT2D eigenvalue weighted by atomic mass is 35.5. The third-order valence-corrected chi connectivity index (χ3v) is 6.45. The lowest BCUT2D eigenvalue weighted by Gasteiger charge is -2.24. The summed E-state index contributed by atoms with van der Waals surface area (Å²) in [6.45, 7) is 1.64. The van der Waals surface area contributed by atoms with Gasteiger partial charge in [-0.25, -0.2) is 8.42 Å². The minimum atomic E-state index is -3.96. The van der Waals surface area contributed by atoms with Crippen LogP contribution in [0.25, 0.3) is 0 Å². The molecule has 0 aliphatic carbocycles. The lowest BCUT2D eigenvalue weighted by atomic mass is 10.1. The van der Waals surface area contributed by atoms with Gasteiger partial charge in [0.2, 0.25) is 5.91 Å². The van der Waals surface area contributed by atoms with Crippen LogP contribution in [0.4, 0.5) is 11.4 Å². The fourth-order valence-electron chi connectivity index (χ4n) is 2.91. The molecule has 0 unspecified atom stereocenters. The number of sulfonamides is 1. The van der Waals surface area contributed by atoms with Gasteiger partial charge in [-0.15, -0.1) is 0 Å². The Hall–Kier alpha value is -2.83. The van der Waals surface area contributed by atoms with Gasteiger partial charge in [0.25, 0.3) is 10.0 Å². The Balaban J connectivity index is 1.92. The van der Waals surface area contributed by atoms with E-state index in [1.54, 1.807) is 36.4 Å². The highest BCUT2D eigenvalue weighted by Crippen LogP contribution is 2.25. The maximum Gasteiger partial charge on any atom is 0.264 e. The minimum Gasteiger partial charge on any atom is -0.324 e. The Labute approximate surface area is 176 Å². The van der Waals surface area contributed by atoms with Crippen LogP contribution in [0.2, 0.25) is 5.02 Å².